The first-order chi connectivity index (χ1) is 14.1. The van der Waals surface area contributed by atoms with Crippen LogP contribution in [-0.2, 0) is 11.0 Å². The molecular formula is C26H43NO2Si. The van der Waals surface area contributed by atoms with E-state index in [1.165, 1.54) is 0 Å². The van der Waals surface area contributed by atoms with E-state index in [1.807, 2.05) is 10.6 Å². The fourth-order valence-corrected chi connectivity index (χ4v) is 11.1. The molecule has 168 valence electrons. The van der Waals surface area contributed by atoms with E-state index in [0.29, 0.717) is 23.2 Å². The number of fused-ring (bicyclic) bond motifs is 1. The van der Waals surface area contributed by atoms with Crippen LogP contribution in [0.2, 0.25) is 16.6 Å². The fraction of sp³-hybridized carbons (Fsp3) is 0.654. The molecule has 0 spiro atoms. The lowest BCUT2D eigenvalue weighted by atomic mass is 9.79. The zero-order valence-corrected chi connectivity index (χ0v) is 21.7. The number of para-hydroxylation sites is 1. The van der Waals surface area contributed by atoms with E-state index in [0.717, 1.165) is 35.7 Å². The van der Waals surface area contributed by atoms with Gasteiger partial charge in [0.15, 0.2) is 0 Å². The molecule has 0 saturated heterocycles. The molecule has 0 aliphatic carbocycles. The summed E-state index contributed by atoms with van der Waals surface area (Å²) < 4.78 is 8.79. The van der Waals surface area contributed by atoms with Crippen LogP contribution in [0.4, 0.5) is 0 Å². The van der Waals surface area contributed by atoms with Crippen LogP contribution in [0.15, 0.2) is 30.5 Å². The molecule has 3 nitrogen and oxygen atoms in total. The average Bonchev–Trinajstić information content (AvgIpc) is 3.08. The molecule has 30 heavy (non-hydrogen) atoms. The van der Waals surface area contributed by atoms with E-state index in [1.54, 1.807) is 0 Å². The second-order valence-corrected chi connectivity index (χ2v) is 15.3. The molecule has 1 aromatic carbocycles. The molecule has 1 aromatic heterocycles. The predicted octanol–water partition coefficient (Wildman–Crippen LogP) is 8.19. The Morgan fingerprint density at radius 2 is 1.43 bits per heavy atom. The topological polar surface area (TPSA) is 31.2 Å². The van der Waals surface area contributed by atoms with Gasteiger partial charge in [0, 0.05) is 22.6 Å². The van der Waals surface area contributed by atoms with Crippen LogP contribution >= 0.6 is 0 Å². The monoisotopic (exact) mass is 429 g/mol. The molecule has 0 radical (unpaired) electrons. The Hall–Kier alpha value is -1.39. The van der Waals surface area contributed by atoms with Crippen LogP contribution < -0.4 is 0 Å². The lowest BCUT2D eigenvalue weighted by molar-refractivity contribution is 0.0674. The molecule has 0 fully saturated rings. The molecule has 0 unspecified atom stereocenters. The third-order valence-electron chi connectivity index (χ3n) is 7.68. The van der Waals surface area contributed by atoms with Crippen LogP contribution in [0.3, 0.4) is 0 Å². The number of hydrogen-bond acceptors (Lipinski definition) is 2. The zero-order chi connectivity index (χ0) is 22.7. The van der Waals surface area contributed by atoms with Gasteiger partial charge >= 0.3 is 0 Å². The van der Waals surface area contributed by atoms with Crippen molar-refractivity contribution in [2.24, 2.45) is 5.41 Å². The third-order valence-corrected chi connectivity index (χ3v) is 13.7. The van der Waals surface area contributed by atoms with Gasteiger partial charge in [-0.3, -0.25) is 9.36 Å². The lowest BCUT2D eigenvalue weighted by Crippen LogP contribution is -2.47. The molecule has 1 heterocycles. The first-order valence-electron chi connectivity index (χ1n) is 11.9. The molecule has 0 aliphatic rings. The van der Waals surface area contributed by atoms with Crippen LogP contribution in [0.5, 0.6) is 0 Å². The van der Waals surface area contributed by atoms with Crippen LogP contribution in [-0.4, -0.2) is 18.8 Å². The molecular weight excluding hydrogens is 386 g/mol. The minimum atomic E-state index is -1.97. The maximum absolute atomic E-state index is 13.6. The summed E-state index contributed by atoms with van der Waals surface area (Å²) in [5.74, 6) is 0.220. The smallest absolute Gasteiger partial charge is 0.237 e. The first kappa shape index (κ1) is 24.9. The van der Waals surface area contributed by atoms with E-state index >= 15 is 0 Å². The average molecular weight is 430 g/mol. The van der Waals surface area contributed by atoms with Crippen molar-refractivity contribution >= 4 is 25.1 Å². The number of carbonyl (C=O) groups excluding carboxylic acids is 1. The number of hydrogen-bond donors (Lipinski definition) is 0. The van der Waals surface area contributed by atoms with Crippen molar-refractivity contribution in [1.29, 1.82) is 0 Å². The van der Waals surface area contributed by atoms with Gasteiger partial charge in [-0.1, -0.05) is 80.5 Å². The number of benzene rings is 1. The van der Waals surface area contributed by atoms with E-state index < -0.39 is 8.32 Å². The molecule has 0 aliphatic heterocycles. The summed E-state index contributed by atoms with van der Waals surface area (Å²) in [5.41, 5.74) is 3.47. The van der Waals surface area contributed by atoms with E-state index in [9.17, 15) is 4.79 Å². The van der Waals surface area contributed by atoms with Crippen molar-refractivity contribution < 1.29 is 9.22 Å². The third kappa shape index (κ3) is 4.18. The Labute approximate surface area is 185 Å². The highest BCUT2D eigenvalue weighted by Gasteiger charge is 2.45. The molecule has 0 saturated carbocycles. The van der Waals surface area contributed by atoms with Crippen LogP contribution in [0.1, 0.15) is 91.9 Å². The predicted molar refractivity (Wildman–Crippen MR) is 132 cm³/mol. The van der Waals surface area contributed by atoms with Gasteiger partial charge in [0.05, 0.1) is 12.1 Å². The second-order valence-electron chi connectivity index (χ2n) is 9.79. The van der Waals surface area contributed by atoms with Gasteiger partial charge in [0.1, 0.15) is 0 Å². The van der Waals surface area contributed by atoms with Crippen molar-refractivity contribution in [3.63, 3.8) is 0 Å². The Balaban J connectivity index is 2.51. The van der Waals surface area contributed by atoms with Crippen molar-refractivity contribution in [1.82, 2.24) is 4.57 Å². The second kappa shape index (κ2) is 9.82. The molecule has 0 atom stereocenters. The van der Waals surface area contributed by atoms with Gasteiger partial charge in [0.2, 0.25) is 14.2 Å². The van der Waals surface area contributed by atoms with Crippen LogP contribution in [0, 0.1) is 5.41 Å². The number of carbonyl (C=O) groups is 1. The van der Waals surface area contributed by atoms with E-state index in [4.69, 9.17) is 4.43 Å². The highest BCUT2D eigenvalue weighted by Crippen LogP contribution is 2.43. The van der Waals surface area contributed by atoms with Gasteiger partial charge in [-0.25, -0.2) is 0 Å². The maximum atomic E-state index is 13.6. The summed E-state index contributed by atoms with van der Waals surface area (Å²) in [7, 11) is -1.97. The SMILES string of the molecule is CCC(CC)(CC)C(=O)n1cc(CO[Si](C(C)C)(C(C)C)C(C)C)c2ccccc21. The highest BCUT2D eigenvalue weighted by atomic mass is 28.4. The van der Waals surface area contributed by atoms with Crippen molar-refractivity contribution in [2.75, 3.05) is 0 Å². The van der Waals surface area contributed by atoms with E-state index in [2.05, 4.69) is 86.7 Å². The molecule has 0 amide bonds. The van der Waals surface area contributed by atoms with E-state index in [-0.39, 0.29) is 11.3 Å². The summed E-state index contributed by atoms with van der Waals surface area (Å²) in [6.07, 6.45) is 4.65. The van der Waals surface area contributed by atoms with Crippen molar-refractivity contribution in [3.05, 3.63) is 36.0 Å². The Morgan fingerprint density at radius 1 is 0.933 bits per heavy atom. The maximum Gasteiger partial charge on any atom is 0.237 e. The van der Waals surface area contributed by atoms with Gasteiger partial charge in [-0.15, -0.1) is 0 Å². The number of nitrogens with zero attached hydrogens (tertiary/aromatic N) is 1. The normalized spacial score (nSPS) is 13.2. The zero-order valence-electron chi connectivity index (χ0n) is 20.7. The van der Waals surface area contributed by atoms with Crippen LogP contribution in [0.25, 0.3) is 10.9 Å². The molecule has 2 rings (SSSR count). The van der Waals surface area contributed by atoms with Gasteiger partial charge in [-0.05, 0) is 42.0 Å². The van der Waals surface area contributed by atoms with Crippen molar-refractivity contribution in [2.45, 2.75) is 105 Å². The van der Waals surface area contributed by atoms with Crippen molar-refractivity contribution in [3.8, 4) is 0 Å². The fourth-order valence-electron chi connectivity index (χ4n) is 5.70. The van der Waals surface area contributed by atoms with Gasteiger partial charge in [0.25, 0.3) is 0 Å². The quantitative estimate of drug-likeness (QED) is 0.356. The highest BCUT2D eigenvalue weighted by molar-refractivity contribution is 6.77. The number of aromatic nitrogens is 1. The Kier molecular flexibility index (Phi) is 8.14. The standard InChI is InChI=1S/C26H43NO2Si/c1-10-26(11-2,12-3)25(28)27-17-22(23-15-13-14-16-24(23)27)18-29-30(19(4)5,20(6)7)21(8)9/h13-17,19-21H,10-12,18H2,1-9H3. The first-order valence-corrected chi connectivity index (χ1v) is 14.0. The summed E-state index contributed by atoms with van der Waals surface area (Å²) in [4.78, 5) is 13.6. The molecule has 2 aromatic rings. The summed E-state index contributed by atoms with van der Waals surface area (Å²) in [5, 5.41) is 1.14. The summed E-state index contributed by atoms with van der Waals surface area (Å²) in [6.45, 7) is 20.9. The Bertz CT molecular complexity index is 816. The largest absolute Gasteiger partial charge is 0.412 e. The molecule has 4 heteroatoms. The van der Waals surface area contributed by atoms with Gasteiger partial charge < -0.3 is 4.43 Å². The van der Waals surface area contributed by atoms with Gasteiger partial charge in [-0.2, -0.15) is 0 Å². The Morgan fingerprint density at radius 3 is 1.90 bits per heavy atom. The minimum absolute atomic E-state index is 0.220. The minimum Gasteiger partial charge on any atom is -0.412 e. The molecule has 0 bridgehead atoms. The molecule has 0 N–H and O–H groups in total. The summed E-state index contributed by atoms with van der Waals surface area (Å²) >= 11 is 0. The number of rotatable bonds is 10. The lowest BCUT2D eigenvalue weighted by Gasteiger charge is -2.42. The summed E-state index contributed by atoms with van der Waals surface area (Å²) in [6, 6.07) is 8.29.